The molecule has 0 radical (unpaired) electrons. The summed E-state index contributed by atoms with van der Waals surface area (Å²) in [5, 5.41) is 7.67. The number of nitrogens with zero attached hydrogens (tertiary/aromatic N) is 2. The SMILES string of the molecule is C=CC(=O)NCC1CN2NCCC2N(C2CCC(C(F)(F)F)NC2)C1. The van der Waals surface area contributed by atoms with Gasteiger partial charge in [-0.2, -0.15) is 13.2 Å². The molecule has 3 aliphatic heterocycles. The van der Waals surface area contributed by atoms with Crippen molar-refractivity contribution in [3.63, 3.8) is 0 Å². The Morgan fingerprint density at radius 3 is 2.72 bits per heavy atom. The minimum Gasteiger partial charge on any atom is -0.352 e. The maximum Gasteiger partial charge on any atom is 0.403 e. The summed E-state index contributed by atoms with van der Waals surface area (Å²) in [5.74, 6) is 0.0292. The maximum absolute atomic E-state index is 12.9. The molecule has 3 heterocycles. The predicted octanol–water partition coefficient (Wildman–Crippen LogP) is 0.440. The zero-order valence-electron chi connectivity index (χ0n) is 14.2. The van der Waals surface area contributed by atoms with Gasteiger partial charge in [-0.3, -0.25) is 15.1 Å². The van der Waals surface area contributed by atoms with Crippen LogP contribution in [0.15, 0.2) is 12.7 Å². The number of amides is 1. The van der Waals surface area contributed by atoms with Crippen molar-refractivity contribution in [2.45, 2.75) is 43.7 Å². The van der Waals surface area contributed by atoms with Crippen LogP contribution < -0.4 is 16.1 Å². The molecule has 3 rings (SSSR count). The summed E-state index contributed by atoms with van der Waals surface area (Å²) >= 11 is 0. The first-order chi connectivity index (χ1) is 11.9. The van der Waals surface area contributed by atoms with E-state index in [1.807, 2.05) is 0 Å². The van der Waals surface area contributed by atoms with Crippen molar-refractivity contribution in [1.82, 2.24) is 26.0 Å². The maximum atomic E-state index is 12.9. The molecule has 6 nitrogen and oxygen atoms in total. The first kappa shape index (κ1) is 18.6. The van der Waals surface area contributed by atoms with Crippen molar-refractivity contribution in [1.29, 1.82) is 0 Å². The largest absolute Gasteiger partial charge is 0.403 e. The highest BCUT2D eigenvalue weighted by atomic mass is 19.4. The van der Waals surface area contributed by atoms with Gasteiger partial charge in [0.25, 0.3) is 0 Å². The smallest absolute Gasteiger partial charge is 0.352 e. The lowest BCUT2D eigenvalue weighted by Crippen LogP contribution is -2.64. The highest BCUT2D eigenvalue weighted by molar-refractivity contribution is 5.86. The number of hydrazine groups is 1. The fourth-order valence-corrected chi connectivity index (χ4v) is 4.13. The van der Waals surface area contributed by atoms with Crippen molar-refractivity contribution in [2.24, 2.45) is 5.92 Å². The Hall–Kier alpha value is -1.16. The highest BCUT2D eigenvalue weighted by Crippen LogP contribution is 2.31. The summed E-state index contributed by atoms with van der Waals surface area (Å²) in [7, 11) is 0. The number of piperidine rings is 1. The van der Waals surface area contributed by atoms with Crippen LogP contribution in [-0.2, 0) is 4.79 Å². The summed E-state index contributed by atoms with van der Waals surface area (Å²) < 4.78 is 38.6. The van der Waals surface area contributed by atoms with Crippen molar-refractivity contribution in [3.05, 3.63) is 12.7 Å². The van der Waals surface area contributed by atoms with Gasteiger partial charge in [-0.05, 0) is 25.3 Å². The molecule has 1 amide bonds. The van der Waals surface area contributed by atoms with Crippen LogP contribution in [0.1, 0.15) is 19.3 Å². The predicted molar refractivity (Wildman–Crippen MR) is 87.4 cm³/mol. The molecule has 0 aromatic carbocycles. The first-order valence-corrected chi connectivity index (χ1v) is 8.84. The monoisotopic (exact) mass is 361 g/mol. The Morgan fingerprint density at radius 2 is 2.08 bits per heavy atom. The molecule has 4 atom stereocenters. The van der Waals surface area contributed by atoms with Gasteiger partial charge in [0.15, 0.2) is 0 Å². The third-order valence-corrected chi connectivity index (χ3v) is 5.39. The van der Waals surface area contributed by atoms with Gasteiger partial charge in [-0.25, -0.2) is 5.01 Å². The van der Waals surface area contributed by atoms with E-state index >= 15 is 0 Å². The molecule has 3 aliphatic rings. The number of rotatable bonds is 4. The van der Waals surface area contributed by atoms with Crippen LogP contribution in [0, 0.1) is 5.92 Å². The van der Waals surface area contributed by atoms with Crippen molar-refractivity contribution >= 4 is 5.91 Å². The summed E-state index contributed by atoms with van der Waals surface area (Å²) in [4.78, 5) is 13.7. The molecule has 0 aromatic rings. The van der Waals surface area contributed by atoms with E-state index in [0.717, 1.165) is 26.1 Å². The van der Waals surface area contributed by atoms with E-state index < -0.39 is 12.2 Å². The van der Waals surface area contributed by atoms with Crippen LogP contribution in [0.3, 0.4) is 0 Å². The molecule has 3 N–H and O–H groups in total. The number of halogens is 3. The summed E-state index contributed by atoms with van der Waals surface area (Å²) in [5.41, 5.74) is 3.35. The number of hydrogen-bond acceptors (Lipinski definition) is 5. The molecule has 9 heteroatoms. The molecule has 3 fully saturated rings. The van der Waals surface area contributed by atoms with Gasteiger partial charge < -0.3 is 10.6 Å². The Bertz CT molecular complexity index is 493. The van der Waals surface area contributed by atoms with E-state index in [-0.39, 0.29) is 30.5 Å². The quantitative estimate of drug-likeness (QED) is 0.635. The molecule has 4 unspecified atom stereocenters. The van der Waals surface area contributed by atoms with Crippen LogP contribution in [0.25, 0.3) is 0 Å². The molecule has 25 heavy (non-hydrogen) atoms. The number of hydrogen-bond donors (Lipinski definition) is 3. The fourth-order valence-electron chi connectivity index (χ4n) is 4.13. The number of alkyl halides is 3. The minimum atomic E-state index is -4.18. The lowest BCUT2D eigenvalue weighted by molar-refractivity contribution is -0.165. The Labute approximate surface area is 145 Å². The van der Waals surface area contributed by atoms with E-state index in [0.29, 0.717) is 19.5 Å². The lowest BCUT2D eigenvalue weighted by Gasteiger charge is -2.48. The van der Waals surface area contributed by atoms with Gasteiger partial charge in [0.05, 0.1) is 6.17 Å². The lowest BCUT2D eigenvalue weighted by atomic mass is 9.95. The number of fused-ring (bicyclic) bond motifs is 1. The van der Waals surface area contributed by atoms with Gasteiger partial charge in [0, 0.05) is 44.7 Å². The van der Waals surface area contributed by atoms with Gasteiger partial charge >= 0.3 is 6.18 Å². The fraction of sp³-hybridized carbons (Fsp3) is 0.812. The Kier molecular flexibility index (Phi) is 5.67. The van der Waals surface area contributed by atoms with Gasteiger partial charge in [0.2, 0.25) is 5.91 Å². The third-order valence-electron chi connectivity index (χ3n) is 5.39. The van der Waals surface area contributed by atoms with Gasteiger partial charge in [0.1, 0.15) is 6.04 Å². The van der Waals surface area contributed by atoms with E-state index in [1.54, 1.807) is 0 Å². The van der Waals surface area contributed by atoms with Crippen molar-refractivity contribution in [3.8, 4) is 0 Å². The summed E-state index contributed by atoms with van der Waals surface area (Å²) in [6, 6.07) is -1.31. The number of nitrogens with one attached hydrogen (secondary N) is 3. The van der Waals surface area contributed by atoms with Crippen LogP contribution in [-0.4, -0.2) is 73.0 Å². The number of carbonyl (C=O) groups is 1. The van der Waals surface area contributed by atoms with E-state index in [1.165, 1.54) is 6.08 Å². The van der Waals surface area contributed by atoms with Crippen LogP contribution in [0.2, 0.25) is 0 Å². The average Bonchev–Trinajstić information content (AvgIpc) is 3.06. The van der Waals surface area contributed by atoms with Crippen molar-refractivity contribution in [2.75, 3.05) is 32.7 Å². The zero-order valence-corrected chi connectivity index (χ0v) is 14.2. The molecule has 0 spiro atoms. The van der Waals surface area contributed by atoms with Gasteiger partial charge in [-0.1, -0.05) is 6.58 Å². The second-order valence-electron chi connectivity index (χ2n) is 7.08. The second-order valence-corrected chi connectivity index (χ2v) is 7.08. The molecular weight excluding hydrogens is 335 g/mol. The Morgan fingerprint density at radius 1 is 1.28 bits per heavy atom. The van der Waals surface area contributed by atoms with Crippen molar-refractivity contribution < 1.29 is 18.0 Å². The second kappa shape index (κ2) is 7.61. The van der Waals surface area contributed by atoms with Gasteiger partial charge in [-0.15, -0.1) is 0 Å². The highest BCUT2D eigenvalue weighted by Gasteiger charge is 2.45. The molecule has 0 aliphatic carbocycles. The first-order valence-electron chi connectivity index (χ1n) is 8.84. The van der Waals surface area contributed by atoms with E-state index in [9.17, 15) is 18.0 Å². The Balaban J connectivity index is 1.60. The molecule has 0 bridgehead atoms. The topological polar surface area (TPSA) is 59.6 Å². The molecular formula is C16H26F3N5O. The molecule has 3 saturated heterocycles. The normalized spacial score (nSPS) is 34.5. The van der Waals surface area contributed by atoms with Crippen LogP contribution >= 0.6 is 0 Å². The minimum absolute atomic E-state index is 0.0869. The summed E-state index contributed by atoms with van der Waals surface area (Å²) in [6.45, 7) is 6.81. The molecule has 0 aromatic heterocycles. The molecule has 0 saturated carbocycles. The van der Waals surface area contributed by atoms with E-state index in [2.05, 4.69) is 32.5 Å². The zero-order chi connectivity index (χ0) is 18.0. The number of carbonyl (C=O) groups excluding carboxylic acids is 1. The summed E-state index contributed by atoms with van der Waals surface area (Å²) in [6.07, 6.45) is -1.09. The standard InChI is InChI=1S/C16H26F3N5O/c1-2-14(25)21-7-11-9-23(15-5-6-22-24(15)10-11)12-3-4-13(20-8-12)16(17,18)19/h2,11-13,15,20,22H,1,3-10H2,(H,21,25). The van der Waals surface area contributed by atoms with Crippen LogP contribution in [0.4, 0.5) is 13.2 Å². The molecule has 142 valence electrons. The van der Waals surface area contributed by atoms with E-state index in [4.69, 9.17) is 0 Å². The van der Waals surface area contributed by atoms with Crippen LogP contribution in [0.5, 0.6) is 0 Å². The third kappa shape index (κ3) is 4.33. The average molecular weight is 361 g/mol.